The fourth-order valence-corrected chi connectivity index (χ4v) is 3.02. The van der Waals surface area contributed by atoms with Crippen molar-refractivity contribution in [2.75, 3.05) is 10.6 Å². The van der Waals surface area contributed by atoms with Gasteiger partial charge in [0.25, 0.3) is 17.5 Å². The predicted octanol–water partition coefficient (Wildman–Crippen LogP) is 3.68. The average molecular weight is 428 g/mol. The van der Waals surface area contributed by atoms with Crippen LogP contribution in [0.15, 0.2) is 85.7 Å². The summed E-state index contributed by atoms with van der Waals surface area (Å²) in [6, 6.07) is 13.9. The Morgan fingerprint density at radius 2 is 1.53 bits per heavy atom. The van der Waals surface area contributed by atoms with E-state index in [1.54, 1.807) is 42.6 Å². The van der Waals surface area contributed by atoms with E-state index in [-0.39, 0.29) is 17.2 Å². The van der Waals surface area contributed by atoms with E-state index in [2.05, 4.69) is 20.6 Å². The molecule has 2 aromatic carbocycles. The summed E-state index contributed by atoms with van der Waals surface area (Å²) < 4.78 is 1.49. The minimum atomic E-state index is -0.554. The minimum absolute atomic E-state index is 0.117. The quantitative estimate of drug-likeness (QED) is 0.356. The number of rotatable bonds is 6. The molecule has 4 aromatic rings. The van der Waals surface area contributed by atoms with Crippen molar-refractivity contribution in [1.29, 1.82) is 0 Å². The zero-order chi connectivity index (χ0) is 22.5. The Morgan fingerprint density at radius 1 is 0.844 bits per heavy atom. The summed E-state index contributed by atoms with van der Waals surface area (Å²) in [5.74, 6) is -0.843. The molecule has 4 rings (SSSR count). The third-order valence-corrected chi connectivity index (χ3v) is 4.54. The highest BCUT2D eigenvalue weighted by Crippen LogP contribution is 2.25. The van der Waals surface area contributed by atoms with E-state index >= 15 is 0 Å². The van der Waals surface area contributed by atoms with Crippen molar-refractivity contribution < 1.29 is 14.5 Å². The Labute approximate surface area is 181 Å². The number of nitrogens with one attached hydrogen (secondary N) is 2. The van der Waals surface area contributed by atoms with Gasteiger partial charge in [-0.3, -0.25) is 24.7 Å². The summed E-state index contributed by atoms with van der Waals surface area (Å²) in [6.07, 6.45) is 7.55. The molecule has 0 spiro atoms. The lowest BCUT2D eigenvalue weighted by Gasteiger charge is -2.10. The molecule has 0 bridgehead atoms. The molecule has 0 radical (unpaired) electrons. The largest absolute Gasteiger partial charge is 0.322 e. The molecule has 0 aliphatic carbocycles. The number of hydrogen-bond acceptors (Lipinski definition) is 6. The lowest BCUT2D eigenvalue weighted by Crippen LogP contribution is -2.14. The second kappa shape index (κ2) is 8.88. The van der Waals surface area contributed by atoms with Gasteiger partial charge in [0.15, 0.2) is 0 Å². The van der Waals surface area contributed by atoms with E-state index in [1.165, 1.54) is 47.7 Å². The van der Waals surface area contributed by atoms with Crippen molar-refractivity contribution in [2.45, 2.75) is 0 Å². The molecule has 0 unspecified atom stereocenters. The van der Waals surface area contributed by atoms with Gasteiger partial charge in [-0.25, -0.2) is 4.98 Å². The van der Waals surface area contributed by atoms with Crippen molar-refractivity contribution in [2.24, 2.45) is 0 Å². The number of nitro benzene ring substituents is 1. The molecule has 0 aliphatic heterocycles. The van der Waals surface area contributed by atoms with Gasteiger partial charge in [-0.05, 0) is 42.5 Å². The SMILES string of the molecule is O=C(Nc1cccc(NC(=O)c2ccc(-n3ccnc3)c([N+](=O)[O-])c2)c1)c1ccncc1. The molecule has 0 fully saturated rings. The maximum Gasteiger partial charge on any atom is 0.294 e. The van der Waals surface area contributed by atoms with E-state index in [4.69, 9.17) is 0 Å². The Balaban J connectivity index is 1.52. The van der Waals surface area contributed by atoms with E-state index in [1.807, 2.05) is 0 Å². The number of pyridine rings is 1. The number of carbonyl (C=O) groups excluding carboxylic acids is 2. The molecule has 0 saturated carbocycles. The number of benzene rings is 2. The molecule has 32 heavy (non-hydrogen) atoms. The Bertz CT molecular complexity index is 1290. The van der Waals surface area contributed by atoms with Crippen LogP contribution in [-0.2, 0) is 0 Å². The van der Waals surface area contributed by atoms with Gasteiger partial charge in [-0.15, -0.1) is 0 Å². The number of amides is 2. The second-order valence-corrected chi connectivity index (χ2v) is 6.66. The first-order valence-electron chi connectivity index (χ1n) is 9.41. The molecule has 2 N–H and O–H groups in total. The fraction of sp³-hybridized carbons (Fsp3) is 0. The van der Waals surface area contributed by atoms with Crippen LogP contribution >= 0.6 is 0 Å². The molecule has 10 nitrogen and oxygen atoms in total. The Hall–Kier alpha value is -4.86. The summed E-state index contributed by atoms with van der Waals surface area (Å²) in [5, 5.41) is 16.9. The highest BCUT2D eigenvalue weighted by atomic mass is 16.6. The first kappa shape index (κ1) is 20.4. The molecular weight excluding hydrogens is 412 g/mol. The number of hydrogen-bond donors (Lipinski definition) is 2. The lowest BCUT2D eigenvalue weighted by molar-refractivity contribution is -0.384. The third kappa shape index (κ3) is 4.49. The van der Waals surface area contributed by atoms with Crippen molar-refractivity contribution >= 4 is 28.9 Å². The highest BCUT2D eigenvalue weighted by molar-refractivity contribution is 6.06. The normalized spacial score (nSPS) is 10.4. The number of anilines is 2. The van der Waals surface area contributed by atoms with Gasteiger partial charge in [0.2, 0.25) is 0 Å². The molecule has 10 heteroatoms. The van der Waals surface area contributed by atoms with Gasteiger partial charge < -0.3 is 15.2 Å². The van der Waals surface area contributed by atoms with E-state index in [0.717, 1.165) is 0 Å². The van der Waals surface area contributed by atoms with Crippen LogP contribution in [0.1, 0.15) is 20.7 Å². The number of imidazole rings is 1. The van der Waals surface area contributed by atoms with E-state index in [9.17, 15) is 19.7 Å². The second-order valence-electron chi connectivity index (χ2n) is 6.66. The molecular formula is C22H16N6O4. The number of nitrogens with zero attached hydrogens (tertiary/aromatic N) is 4. The maximum atomic E-state index is 12.7. The Kier molecular flexibility index (Phi) is 5.66. The molecule has 0 aliphatic rings. The summed E-state index contributed by atoms with van der Waals surface area (Å²) in [4.78, 5) is 43.7. The molecule has 2 aromatic heterocycles. The third-order valence-electron chi connectivity index (χ3n) is 4.54. The Morgan fingerprint density at radius 3 is 2.16 bits per heavy atom. The van der Waals surface area contributed by atoms with Crippen LogP contribution in [0.25, 0.3) is 5.69 Å². The lowest BCUT2D eigenvalue weighted by atomic mass is 10.1. The smallest absolute Gasteiger partial charge is 0.294 e. The zero-order valence-electron chi connectivity index (χ0n) is 16.5. The highest BCUT2D eigenvalue weighted by Gasteiger charge is 2.19. The molecule has 0 saturated heterocycles. The van der Waals surface area contributed by atoms with Crippen LogP contribution in [0.5, 0.6) is 0 Å². The minimum Gasteiger partial charge on any atom is -0.322 e. The molecule has 2 amide bonds. The topological polar surface area (TPSA) is 132 Å². The first-order chi connectivity index (χ1) is 15.5. The zero-order valence-corrected chi connectivity index (χ0v) is 16.5. The van der Waals surface area contributed by atoms with Gasteiger partial charge in [-0.2, -0.15) is 0 Å². The molecule has 0 atom stereocenters. The average Bonchev–Trinajstić information content (AvgIpc) is 3.34. The van der Waals surface area contributed by atoms with Crippen LogP contribution in [-0.4, -0.2) is 31.3 Å². The van der Waals surface area contributed by atoms with Crippen molar-refractivity contribution in [1.82, 2.24) is 14.5 Å². The maximum absolute atomic E-state index is 12.7. The molecule has 2 heterocycles. The van der Waals surface area contributed by atoms with Crippen molar-refractivity contribution in [3.8, 4) is 5.69 Å². The number of nitro groups is 1. The standard InChI is InChI=1S/C22H16N6O4/c29-21(15-6-8-23-9-7-15)25-17-2-1-3-18(13-17)26-22(30)16-4-5-19(20(12-16)28(31)32)27-11-10-24-14-27/h1-14H,(H,25,29)(H,26,30). The van der Waals surface area contributed by atoms with Gasteiger partial charge in [0, 0.05) is 53.4 Å². The van der Waals surface area contributed by atoms with Crippen LogP contribution in [0.4, 0.5) is 17.1 Å². The van der Waals surface area contributed by atoms with E-state index < -0.39 is 10.8 Å². The van der Waals surface area contributed by atoms with Crippen LogP contribution < -0.4 is 10.6 Å². The van der Waals surface area contributed by atoms with Gasteiger partial charge in [-0.1, -0.05) is 6.07 Å². The summed E-state index contributed by atoms with van der Waals surface area (Å²) in [7, 11) is 0. The van der Waals surface area contributed by atoms with Crippen LogP contribution in [0, 0.1) is 10.1 Å². The summed E-state index contributed by atoms with van der Waals surface area (Å²) >= 11 is 0. The van der Waals surface area contributed by atoms with Crippen molar-refractivity contribution in [3.63, 3.8) is 0 Å². The molecule has 158 valence electrons. The fourth-order valence-electron chi connectivity index (χ4n) is 3.02. The number of carbonyl (C=O) groups is 2. The van der Waals surface area contributed by atoms with Gasteiger partial charge >= 0.3 is 0 Å². The monoisotopic (exact) mass is 428 g/mol. The van der Waals surface area contributed by atoms with Gasteiger partial charge in [0.1, 0.15) is 5.69 Å². The van der Waals surface area contributed by atoms with Crippen LogP contribution in [0.2, 0.25) is 0 Å². The number of aromatic nitrogens is 3. The van der Waals surface area contributed by atoms with Gasteiger partial charge in [0.05, 0.1) is 11.3 Å². The summed E-state index contributed by atoms with van der Waals surface area (Å²) in [6.45, 7) is 0. The first-order valence-corrected chi connectivity index (χ1v) is 9.41. The van der Waals surface area contributed by atoms with Crippen LogP contribution in [0.3, 0.4) is 0 Å². The predicted molar refractivity (Wildman–Crippen MR) is 117 cm³/mol. The van der Waals surface area contributed by atoms with E-state index in [0.29, 0.717) is 22.6 Å². The van der Waals surface area contributed by atoms with Crippen molar-refractivity contribution in [3.05, 3.63) is 107 Å². The summed E-state index contributed by atoms with van der Waals surface area (Å²) in [5.41, 5.74) is 1.53.